The molecule has 0 bridgehead atoms. The number of ether oxygens (including phenoxy) is 5. The van der Waals surface area contributed by atoms with Gasteiger partial charge in [-0.2, -0.15) is 0 Å². The van der Waals surface area contributed by atoms with Gasteiger partial charge in [-0.05, 0) is 13.3 Å². The van der Waals surface area contributed by atoms with Crippen LogP contribution in [0.3, 0.4) is 0 Å². The maximum atomic E-state index is 12.5. The molecule has 12 nitrogen and oxygen atoms in total. The molecule has 37 heavy (non-hydrogen) atoms. The number of methoxy groups -OCH3 is 1. The fraction of sp³-hybridized carbons (Fsp3) is 0.880. The first-order valence-electron chi connectivity index (χ1n) is 13.0. The topological polar surface area (TPSA) is 185 Å². The SMILES string of the molecule is CCCCCCCCO[C@H]1C[C@]2(O)C(C(=O)OC)=CO[C@@H](O[C@@H]3O[C@H](CO)[C@@H](O)[C@H](O)[C@H]3O)[C@@H]2[C@@]1(C)O. The largest absolute Gasteiger partial charge is 0.471 e. The van der Waals surface area contributed by atoms with E-state index in [0.29, 0.717) is 6.61 Å². The second-order valence-electron chi connectivity index (χ2n) is 10.3. The third-order valence-electron chi connectivity index (χ3n) is 7.69. The van der Waals surface area contributed by atoms with E-state index in [1.54, 1.807) is 0 Å². The lowest BCUT2D eigenvalue weighted by molar-refractivity contribution is -0.352. The molecule has 2 heterocycles. The minimum Gasteiger partial charge on any atom is -0.471 e. The summed E-state index contributed by atoms with van der Waals surface area (Å²) >= 11 is 0. The number of hydrogen-bond acceptors (Lipinski definition) is 12. The lowest BCUT2D eigenvalue weighted by Crippen LogP contribution is -2.62. The van der Waals surface area contributed by atoms with Crippen LogP contribution in [0, 0.1) is 5.92 Å². The molecule has 1 aliphatic carbocycles. The highest BCUT2D eigenvalue weighted by Crippen LogP contribution is 2.53. The molecule has 1 saturated heterocycles. The van der Waals surface area contributed by atoms with Gasteiger partial charge in [0, 0.05) is 13.0 Å². The van der Waals surface area contributed by atoms with Gasteiger partial charge >= 0.3 is 5.97 Å². The molecule has 3 rings (SSSR count). The van der Waals surface area contributed by atoms with Crippen LogP contribution >= 0.6 is 0 Å². The summed E-state index contributed by atoms with van der Waals surface area (Å²) in [5.74, 6) is -2.15. The van der Waals surface area contributed by atoms with Gasteiger partial charge < -0.3 is 54.3 Å². The van der Waals surface area contributed by atoms with E-state index < -0.39 is 72.8 Å². The molecule has 2 aliphatic heterocycles. The number of fused-ring (bicyclic) bond motifs is 1. The molecule has 2 fully saturated rings. The Morgan fingerprint density at radius 2 is 1.73 bits per heavy atom. The van der Waals surface area contributed by atoms with E-state index in [0.717, 1.165) is 45.5 Å². The van der Waals surface area contributed by atoms with Crippen LogP contribution in [0.2, 0.25) is 0 Å². The molecule has 0 spiro atoms. The van der Waals surface area contributed by atoms with Gasteiger partial charge in [0.15, 0.2) is 6.29 Å². The van der Waals surface area contributed by atoms with Crippen molar-refractivity contribution in [3.05, 3.63) is 11.8 Å². The lowest BCUT2D eigenvalue weighted by Gasteiger charge is -2.46. The summed E-state index contributed by atoms with van der Waals surface area (Å²) in [6, 6.07) is 0. The molecule has 0 amide bonds. The van der Waals surface area contributed by atoms with Crippen molar-refractivity contribution in [3.63, 3.8) is 0 Å². The summed E-state index contributed by atoms with van der Waals surface area (Å²) in [5.41, 5.74) is -3.96. The van der Waals surface area contributed by atoms with E-state index >= 15 is 0 Å². The summed E-state index contributed by atoms with van der Waals surface area (Å²) in [7, 11) is 1.15. The third kappa shape index (κ3) is 6.13. The normalized spacial score (nSPS) is 41.6. The number of unbranched alkanes of at least 4 members (excludes halogenated alkanes) is 5. The Balaban J connectivity index is 1.79. The standard InChI is InChI=1S/C25H42O12/c1-4-5-6-7-8-9-10-34-16-11-25(32)14(21(30)33-3)13-35-23(20(25)24(16,2)31)37-22-19(29)18(28)17(27)15(12-26)36-22/h13,15-20,22-23,26-29,31-32H,4-12H2,1-3H3/t15-,16+,17-,18+,19-,20-,22+,23+,24+,25+/m1/s1. The minimum atomic E-state index is -1.97. The Hall–Kier alpha value is -1.35. The lowest BCUT2D eigenvalue weighted by atomic mass is 9.77. The number of carbonyl (C=O) groups is 1. The summed E-state index contributed by atoms with van der Waals surface area (Å²) < 4.78 is 27.5. The summed E-state index contributed by atoms with van der Waals surface area (Å²) in [4.78, 5) is 12.5. The zero-order chi connectivity index (χ0) is 27.4. The van der Waals surface area contributed by atoms with Crippen molar-refractivity contribution in [2.24, 2.45) is 5.92 Å². The van der Waals surface area contributed by atoms with Crippen LogP contribution in [-0.2, 0) is 28.5 Å². The molecule has 1 saturated carbocycles. The highest BCUT2D eigenvalue weighted by Gasteiger charge is 2.68. The fourth-order valence-electron chi connectivity index (χ4n) is 5.49. The molecule has 10 atom stereocenters. The first-order valence-corrected chi connectivity index (χ1v) is 13.0. The molecular weight excluding hydrogens is 492 g/mol. The number of aliphatic hydroxyl groups is 6. The first-order chi connectivity index (χ1) is 17.5. The summed E-state index contributed by atoms with van der Waals surface area (Å²) in [6.07, 6.45) is -3.12. The zero-order valence-corrected chi connectivity index (χ0v) is 21.7. The van der Waals surface area contributed by atoms with E-state index in [4.69, 9.17) is 23.7 Å². The van der Waals surface area contributed by atoms with E-state index in [1.165, 1.54) is 13.3 Å². The quantitative estimate of drug-likeness (QED) is 0.139. The third-order valence-corrected chi connectivity index (χ3v) is 7.69. The van der Waals surface area contributed by atoms with Crippen LogP contribution < -0.4 is 0 Å². The molecule has 6 N–H and O–H groups in total. The molecule has 0 aromatic rings. The molecule has 0 radical (unpaired) electrons. The number of carbonyl (C=O) groups excluding carboxylic acids is 1. The maximum Gasteiger partial charge on any atom is 0.339 e. The Kier molecular flexibility index (Phi) is 10.3. The van der Waals surface area contributed by atoms with Gasteiger partial charge in [-0.1, -0.05) is 39.0 Å². The summed E-state index contributed by atoms with van der Waals surface area (Å²) in [5, 5.41) is 63.3. The molecule has 0 aromatic heterocycles. The first kappa shape index (κ1) is 30.2. The van der Waals surface area contributed by atoms with Gasteiger partial charge in [0.2, 0.25) is 6.29 Å². The average molecular weight is 535 g/mol. The van der Waals surface area contributed by atoms with Crippen LogP contribution in [0.1, 0.15) is 58.8 Å². The molecule has 214 valence electrons. The highest BCUT2D eigenvalue weighted by atomic mass is 16.8. The fourth-order valence-corrected chi connectivity index (χ4v) is 5.49. The van der Waals surface area contributed by atoms with Gasteiger partial charge in [-0.3, -0.25) is 0 Å². The molecular formula is C25H42O12. The Labute approximate surface area is 216 Å². The average Bonchev–Trinajstić information content (AvgIpc) is 3.08. The van der Waals surface area contributed by atoms with Gasteiger partial charge in [0.1, 0.15) is 41.2 Å². The van der Waals surface area contributed by atoms with E-state index in [-0.39, 0.29) is 12.0 Å². The smallest absolute Gasteiger partial charge is 0.339 e. The van der Waals surface area contributed by atoms with Crippen molar-refractivity contribution in [2.45, 2.75) is 113 Å². The van der Waals surface area contributed by atoms with Crippen LogP contribution in [-0.4, -0.2) is 111 Å². The zero-order valence-electron chi connectivity index (χ0n) is 21.7. The van der Waals surface area contributed by atoms with Crippen molar-refractivity contribution >= 4 is 5.97 Å². The number of esters is 1. The van der Waals surface area contributed by atoms with Crippen molar-refractivity contribution in [1.29, 1.82) is 0 Å². The van der Waals surface area contributed by atoms with Crippen LogP contribution in [0.4, 0.5) is 0 Å². The highest BCUT2D eigenvalue weighted by molar-refractivity contribution is 5.91. The predicted octanol–water partition coefficient (Wildman–Crippen LogP) is -0.536. The number of rotatable bonds is 12. The van der Waals surface area contributed by atoms with Crippen molar-refractivity contribution in [3.8, 4) is 0 Å². The van der Waals surface area contributed by atoms with E-state index in [9.17, 15) is 35.4 Å². The van der Waals surface area contributed by atoms with Gasteiger partial charge in [-0.15, -0.1) is 0 Å². The molecule has 0 unspecified atom stereocenters. The Morgan fingerprint density at radius 3 is 2.38 bits per heavy atom. The molecule has 0 aromatic carbocycles. The number of hydrogen-bond donors (Lipinski definition) is 6. The van der Waals surface area contributed by atoms with Crippen molar-refractivity contribution in [2.75, 3.05) is 20.3 Å². The van der Waals surface area contributed by atoms with E-state index in [2.05, 4.69) is 6.92 Å². The Bertz CT molecular complexity index is 786. The van der Waals surface area contributed by atoms with Gasteiger partial charge in [0.25, 0.3) is 0 Å². The second kappa shape index (κ2) is 12.7. The monoisotopic (exact) mass is 534 g/mol. The van der Waals surface area contributed by atoms with E-state index in [1.807, 2.05) is 0 Å². The second-order valence-corrected chi connectivity index (χ2v) is 10.3. The predicted molar refractivity (Wildman–Crippen MR) is 127 cm³/mol. The van der Waals surface area contributed by atoms with Crippen molar-refractivity contribution in [1.82, 2.24) is 0 Å². The molecule has 12 heteroatoms. The van der Waals surface area contributed by atoms with Crippen LogP contribution in [0.25, 0.3) is 0 Å². The number of aliphatic hydroxyl groups excluding tert-OH is 4. The molecule has 3 aliphatic rings. The summed E-state index contributed by atoms with van der Waals surface area (Å²) in [6.45, 7) is 3.26. The van der Waals surface area contributed by atoms with Gasteiger partial charge in [-0.25, -0.2) is 4.79 Å². The Morgan fingerprint density at radius 1 is 1.05 bits per heavy atom. The van der Waals surface area contributed by atoms with Gasteiger partial charge in [0.05, 0.1) is 32.0 Å². The minimum absolute atomic E-state index is 0.153. The van der Waals surface area contributed by atoms with Crippen molar-refractivity contribution < 1.29 is 59.1 Å². The maximum absolute atomic E-state index is 12.5. The van der Waals surface area contributed by atoms with Crippen LogP contribution in [0.15, 0.2) is 11.8 Å². The van der Waals surface area contributed by atoms with Crippen LogP contribution in [0.5, 0.6) is 0 Å².